The molecule has 0 radical (unpaired) electrons. The van der Waals surface area contributed by atoms with Crippen LogP contribution >= 0.6 is 23.2 Å². The van der Waals surface area contributed by atoms with Gasteiger partial charge in [-0.05, 0) is 75.1 Å². The molecule has 2 nitrogen and oxygen atoms in total. The van der Waals surface area contributed by atoms with Crippen molar-refractivity contribution in [3.8, 4) is 0 Å². The molecule has 0 spiro atoms. The molecule has 0 atom stereocenters. The topological polar surface area (TPSA) is 6.48 Å². The molecular weight excluding hydrogens is 375 g/mol. The first kappa shape index (κ1) is 20.5. The van der Waals surface area contributed by atoms with Gasteiger partial charge in [0.25, 0.3) is 0 Å². The third kappa shape index (κ3) is 6.71. The standard InChI is InChI=1S/C23H30Cl2N2/c24-22-12-11-20(19-23(22)25)13-18-27(21-9-4-3-5-10-21)17-8-16-26-14-6-1-2-7-15-26/h3-5,9-12,19H,1-2,6-8,13-18H2. The highest BCUT2D eigenvalue weighted by molar-refractivity contribution is 6.42. The summed E-state index contributed by atoms with van der Waals surface area (Å²) in [5.74, 6) is 0. The number of halogens is 2. The lowest BCUT2D eigenvalue weighted by molar-refractivity contribution is 0.282. The maximum atomic E-state index is 6.18. The lowest BCUT2D eigenvalue weighted by atomic mass is 10.1. The van der Waals surface area contributed by atoms with Crippen LogP contribution in [0.5, 0.6) is 0 Å². The van der Waals surface area contributed by atoms with Gasteiger partial charge in [0, 0.05) is 18.8 Å². The fraction of sp³-hybridized carbons (Fsp3) is 0.478. The number of nitrogens with zero attached hydrogens (tertiary/aromatic N) is 2. The van der Waals surface area contributed by atoms with Crippen LogP contribution < -0.4 is 4.90 Å². The second kappa shape index (κ2) is 10.9. The average Bonchev–Trinajstić information content (AvgIpc) is 2.96. The van der Waals surface area contributed by atoms with Crippen molar-refractivity contribution < 1.29 is 0 Å². The van der Waals surface area contributed by atoms with Crippen molar-refractivity contribution in [2.45, 2.75) is 38.5 Å². The molecule has 0 bridgehead atoms. The Kier molecular flexibility index (Phi) is 8.32. The SMILES string of the molecule is Clc1ccc(CCN(CCCN2CCCCCC2)c2ccccc2)cc1Cl. The minimum Gasteiger partial charge on any atom is -0.371 e. The Morgan fingerprint density at radius 3 is 2.26 bits per heavy atom. The van der Waals surface area contributed by atoms with Crippen molar-refractivity contribution in [1.29, 1.82) is 0 Å². The van der Waals surface area contributed by atoms with E-state index in [0.29, 0.717) is 10.0 Å². The third-order valence-electron chi connectivity index (χ3n) is 5.38. The summed E-state index contributed by atoms with van der Waals surface area (Å²) in [6, 6.07) is 16.7. The largest absolute Gasteiger partial charge is 0.371 e. The minimum absolute atomic E-state index is 0.623. The Morgan fingerprint density at radius 1 is 0.815 bits per heavy atom. The number of likely N-dealkylation sites (tertiary alicyclic amines) is 1. The van der Waals surface area contributed by atoms with Gasteiger partial charge >= 0.3 is 0 Å². The van der Waals surface area contributed by atoms with E-state index >= 15 is 0 Å². The lowest BCUT2D eigenvalue weighted by Gasteiger charge is -2.27. The first-order valence-corrected chi connectivity index (χ1v) is 10.9. The van der Waals surface area contributed by atoms with E-state index < -0.39 is 0 Å². The van der Waals surface area contributed by atoms with Crippen LogP contribution in [0.2, 0.25) is 10.0 Å². The van der Waals surface area contributed by atoms with Crippen LogP contribution in [-0.2, 0) is 6.42 Å². The molecule has 4 heteroatoms. The lowest BCUT2D eigenvalue weighted by Crippen LogP contribution is -2.32. The fourth-order valence-electron chi connectivity index (χ4n) is 3.81. The van der Waals surface area contributed by atoms with Crippen molar-refractivity contribution >= 4 is 28.9 Å². The summed E-state index contributed by atoms with van der Waals surface area (Å²) in [4.78, 5) is 5.15. The second-order valence-corrected chi connectivity index (χ2v) is 8.24. The molecule has 0 unspecified atom stereocenters. The Hall–Kier alpha value is -1.22. The number of anilines is 1. The Labute approximate surface area is 174 Å². The molecule has 2 aromatic carbocycles. The molecule has 0 N–H and O–H groups in total. The zero-order valence-electron chi connectivity index (χ0n) is 16.0. The summed E-state index contributed by atoms with van der Waals surface area (Å²) < 4.78 is 0. The predicted octanol–water partition coefficient (Wildman–Crippen LogP) is 6.31. The van der Waals surface area contributed by atoms with Crippen molar-refractivity contribution in [2.24, 2.45) is 0 Å². The number of hydrogen-bond donors (Lipinski definition) is 0. The van der Waals surface area contributed by atoms with Crippen LogP contribution in [-0.4, -0.2) is 37.6 Å². The van der Waals surface area contributed by atoms with Gasteiger partial charge in [0.1, 0.15) is 0 Å². The second-order valence-electron chi connectivity index (χ2n) is 7.43. The van der Waals surface area contributed by atoms with Gasteiger partial charge < -0.3 is 9.80 Å². The third-order valence-corrected chi connectivity index (χ3v) is 6.12. The molecule has 2 aromatic rings. The number of benzene rings is 2. The molecule has 146 valence electrons. The molecule has 0 amide bonds. The highest BCUT2D eigenvalue weighted by Gasteiger charge is 2.11. The minimum atomic E-state index is 0.623. The zero-order valence-corrected chi connectivity index (χ0v) is 17.6. The van der Waals surface area contributed by atoms with Crippen LogP contribution in [0.1, 0.15) is 37.7 Å². The number of rotatable bonds is 8. The van der Waals surface area contributed by atoms with Crippen molar-refractivity contribution in [3.05, 3.63) is 64.1 Å². The number of para-hydroxylation sites is 1. The normalized spacial score (nSPS) is 15.5. The Morgan fingerprint density at radius 2 is 1.56 bits per heavy atom. The van der Waals surface area contributed by atoms with Crippen molar-refractivity contribution in [3.63, 3.8) is 0 Å². The van der Waals surface area contributed by atoms with Crippen LogP contribution in [0.4, 0.5) is 5.69 Å². The van der Waals surface area contributed by atoms with Crippen molar-refractivity contribution in [1.82, 2.24) is 4.90 Å². The summed E-state index contributed by atoms with van der Waals surface area (Å²) in [5.41, 5.74) is 2.53. The molecule has 1 aliphatic heterocycles. The quantitative estimate of drug-likeness (QED) is 0.508. The van der Waals surface area contributed by atoms with Gasteiger partial charge in [-0.2, -0.15) is 0 Å². The maximum absolute atomic E-state index is 6.18. The highest BCUT2D eigenvalue weighted by atomic mass is 35.5. The van der Waals surface area contributed by atoms with E-state index in [0.717, 1.165) is 19.5 Å². The van der Waals surface area contributed by atoms with E-state index in [9.17, 15) is 0 Å². The highest BCUT2D eigenvalue weighted by Crippen LogP contribution is 2.23. The predicted molar refractivity (Wildman–Crippen MR) is 118 cm³/mol. The fourth-order valence-corrected chi connectivity index (χ4v) is 4.13. The van der Waals surface area contributed by atoms with Gasteiger partial charge in [0.05, 0.1) is 10.0 Å². The molecule has 0 aromatic heterocycles. The summed E-state index contributed by atoms with van der Waals surface area (Å²) >= 11 is 12.2. The Bertz CT molecular complexity index is 682. The van der Waals surface area contributed by atoms with E-state index in [2.05, 4.69) is 46.2 Å². The van der Waals surface area contributed by atoms with Crippen LogP contribution in [0.15, 0.2) is 48.5 Å². The van der Waals surface area contributed by atoms with Crippen LogP contribution in [0.25, 0.3) is 0 Å². The maximum Gasteiger partial charge on any atom is 0.0595 e. The molecule has 0 saturated carbocycles. The van der Waals surface area contributed by atoms with E-state index in [4.69, 9.17) is 23.2 Å². The van der Waals surface area contributed by atoms with E-state index in [-0.39, 0.29) is 0 Å². The van der Waals surface area contributed by atoms with E-state index in [1.807, 2.05) is 12.1 Å². The van der Waals surface area contributed by atoms with Crippen LogP contribution in [0, 0.1) is 0 Å². The molecule has 3 rings (SSSR count). The molecule has 1 saturated heterocycles. The molecule has 1 heterocycles. The summed E-state index contributed by atoms with van der Waals surface area (Å²) in [5, 5.41) is 1.26. The van der Waals surface area contributed by atoms with Crippen molar-refractivity contribution in [2.75, 3.05) is 37.6 Å². The molecule has 0 aliphatic carbocycles. The van der Waals surface area contributed by atoms with Crippen LogP contribution in [0.3, 0.4) is 0 Å². The molecule has 1 fully saturated rings. The summed E-state index contributed by atoms with van der Waals surface area (Å²) in [7, 11) is 0. The molecular formula is C23H30Cl2N2. The average molecular weight is 405 g/mol. The summed E-state index contributed by atoms with van der Waals surface area (Å²) in [6.07, 6.45) is 7.69. The van der Waals surface area contributed by atoms with E-state index in [1.54, 1.807) is 0 Å². The smallest absolute Gasteiger partial charge is 0.0595 e. The van der Waals surface area contributed by atoms with Gasteiger partial charge in [-0.1, -0.05) is 60.3 Å². The van der Waals surface area contributed by atoms with Gasteiger partial charge in [0.15, 0.2) is 0 Å². The molecule has 1 aliphatic rings. The van der Waals surface area contributed by atoms with Gasteiger partial charge in [-0.3, -0.25) is 0 Å². The molecule has 27 heavy (non-hydrogen) atoms. The van der Waals surface area contributed by atoms with E-state index in [1.165, 1.54) is 63.0 Å². The number of hydrogen-bond acceptors (Lipinski definition) is 2. The van der Waals surface area contributed by atoms with Gasteiger partial charge in [-0.25, -0.2) is 0 Å². The first-order valence-electron chi connectivity index (χ1n) is 10.2. The van der Waals surface area contributed by atoms with Gasteiger partial charge in [-0.15, -0.1) is 0 Å². The zero-order chi connectivity index (χ0) is 18.9. The Balaban J connectivity index is 1.56. The monoisotopic (exact) mass is 404 g/mol. The first-order chi connectivity index (χ1) is 13.2. The van der Waals surface area contributed by atoms with Gasteiger partial charge in [0.2, 0.25) is 0 Å². The summed E-state index contributed by atoms with van der Waals surface area (Å²) in [6.45, 7) is 5.82.